The van der Waals surface area contributed by atoms with E-state index >= 15 is 0 Å². The summed E-state index contributed by atoms with van der Waals surface area (Å²) < 4.78 is 5.45. The molecular formula is C14H22N2O2. The number of carbonyl (C=O) groups is 1. The van der Waals surface area contributed by atoms with Gasteiger partial charge in [-0.05, 0) is 37.5 Å². The Labute approximate surface area is 109 Å². The number of nitrogens with zero attached hydrogens (tertiary/aromatic N) is 1. The lowest BCUT2D eigenvalue weighted by atomic mass is 10.0. The van der Waals surface area contributed by atoms with Crippen molar-refractivity contribution in [2.24, 2.45) is 0 Å². The third kappa shape index (κ3) is 4.47. The molecule has 0 bridgehead atoms. The summed E-state index contributed by atoms with van der Waals surface area (Å²) in [6, 6.07) is 4.26. The fourth-order valence-corrected chi connectivity index (χ4v) is 1.97. The summed E-state index contributed by atoms with van der Waals surface area (Å²) in [7, 11) is 3.54. The van der Waals surface area contributed by atoms with E-state index < -0.39 is 0 Å². The number of hydrazine groups is 1. The number of aryl methyl sites for hydroxylation is 3. The largest absolute Gasteiger partial charge is 0.367 e. The number of carbonyl (C=O) groups excluding carboxylic acids is 1. The van der Waals surface area contributed by atoms with E-state index in [1.165, 1.54) is 22.3 Å². The van der Waals surface area contributed by atoms with Gasteiger partial charge in [-0.15, -0.1) is 0 Å². The van der Waals surface area contributed by atoms with Crippen LogP contribution in [0.4, 0.5) is 0 Å². The fraction of sp³-hybridized carbons (Fsp3) is 0.500. The number of nitrogens with one attached hydrogen (secondary N) is 1. The van der Waals surface area contributed by atoms with Crippen LogP contribution in [0.5, 0.6) is 0 Å². The van der Waals surface area contributed by atoms with E-state index in [2.05, 4.69) is 38.3 Å². The molecule has 100 valence electrons. The lowest BCUT2D eigenvalue weighted by Crippen LogP contribution is -2.38. The van der Waals surface area contributed by atoms with E-state index in [9.17, 15) is 4.79 Å². The van der Waals surface area contributed by atoms with Gasteiger partial charge in [0.05, 0.1) is 6.61 Å². The zero-order valence-corrected chi connectivity index (χ0v) is 11.8. The van der Waals surface area contributed by atoms with Crippen LogP contribution in [0.2, 0.25) is 0 Å². The van der Waals surface area contributed by atoms with Gasteiger partial charge in [-0.3, -0.25) is 10.2 Å². The van der Waals surface area contributed by atoms with Gasteiger partial charge in [0.1, 0.15) is 6.61 Å². The second kappa shape index (κ2) is 6.52. The molecule has 4 nitrogen and oxygen atoms in total. The van der Waals surface area contributed by atoms with Gasteiger partial charge in [-0.1, -0.05) is 17.7 Å². The van der Waals surface area contributed by atoms with E-state index in [1.54, 1.807) is 19.1 Å². The summed E-state index contributed by atoms with van der Waals surface area (Å²) in [4.78, 5) is 11.4. The molecule has 1 aromatic rings. The Balaban J connectivity index is 2.52. The highest BCUT2D eigenvalue weighted by atomic mass is 16.5. The van der Waals surface area contributed by atoms with Gasteiger partial charge in [-0.25, -0.2) is 5.01 Å². The highest BCUT2D eigenvalue weighted by Crippen LogP contribution is 2.17. The number of ether oxygens (including phenoxy) is 1. The molecule has 0 atom stereocenters. The van der Waals surface area contributed by atoms with Crippen LogP contribution < -0.4 is 5.43 Å². The summed E-state index contributed by atoms with van der Waals surface area (Å²) in [5.41, 5.74) is 7.47. The Hall–Kier alpha value is -1.39. The molecule has 0 heterocycles. The van der Waals surface area contributed by atoms with Crippen LogP contribution in [0.15, 0.2) is 12.1 Å². The molecule has 1 amide bonds. The monoisotopic (exact) mass is 250 g/mol. The average Bonchev–Trinajstić information content (AvgIpc) is 2.20. The maximum Gasteiger partial charge on any atom is 0.260 e. The second-order valence-electron chi connectivity index (χ2n) is 4.80. The van der Waals surface area contributed by atoms with Crippen molar-refractivity contribution in [3.05, 3.63) is 34.4 Å². The molecule has 0 unspecified atom stereocenters. The van der Waals surface area contributed by atoms with Crippen molar-refractivity contribution in [3.63, 3.8) is 0 Å². The summed E-state index contributed by atoms with van der Waals surface area (Å²) >= 11 is 0. The van der Waals surface area contributed by atoms with Crippen LogP contribution in [0, 0.1) is 20.8 Å². The van der Waals surface area contributed by atoms with Crippen molar-refractivity contribution in [2.75, 3.05) is 20.7 Å². The van der Waals surface area contributed by atoms with Gasteiger partial charge >= 0.3 is 0 Å². The lowest BCUT2D eigenvalue weighted by molar-refractivity contribution is -0.129. The molecule has 0 radical (unpaired) electrons. The molecule has 0 fully saturated rings. The summed E-state index contributed by atoms with van der Waals surface area (Å²) in [5.74, 6) is -0.137. The first-order valence-electron chi connectivity index (χ1n) is 6.01. The maximum atomic E-state index is 11.4. The smallest absolute Gasteiger partial charge is 0.260 e. The van der Waals surface area contributed by atoms with Crippen LogP contribution in [-0.4, -0.2) is 31.6 Å². The summed E-state index contributed by atoms with van der Waals surface area (Å²) in [6.45, 7) is 6.76. The van der Waals surface area contributed by atoms with Gasteiger partial charge in [0.15, 0.2) is 0 Å². The third-order valence-corrected chi connectivity index (χ3v) is 2.67. The molecule has 0 aliphatic carbocycles. The van der Waals surface area contributed by atoms with Gasteiger partial charge in [0.25, 0.3) is 5.91 Å². The van der Waals surface area contributed by atoms with E-state index in [0.717, 1.165) is 0 Å². The Morgan fingerprint density at radius 1 is 1.22 bits per heavy atom. The number of hydrogen-bond donors (Lipinski definition) is 1. The first-order chi connectivity index (χ1) is 8.40. The molecule has 0 aromatic heterocycles. The molecule has 4 heteroatoms. The fourth-order valence-electron chi connectivity index (χ4n) is 1.97. The summed E-state index contributed by atoms with van der Waals surface area (Å²) in [6.07, 6.45) is 0. The minimum atomic E-state index is -0.137. The maximum absolute atomic E-state index is 11.4. The average molecular weight is 250 g/mol. The van der Waals surface area contributed by atoms with Crippen LogP contribution in [0.25, 0.3) is 0 Å². The van der Waals surface area contributed by atoms with Crippen LogP contribution in [-0.2, 0) is 16.1 Å². The van der Waals surface area contributed by atoms with Crippen molar-refractivity contribution < 1.29 is 9.53 Å². The molecule has 1 aromatic carbocycles. The van der Waals surface area contributed by atoms with Crippen molar-refractivity contribution in [3.8, 4) is 0 Å². The Bertz CT molecular complexity index is 405. The predicted molar refractivity (Wildman–Crippen MR) is 72.1 cm³/mol. The highest BCUT2D eigenvalue weighted by molar-refractivity contribution is 5.76. The topological polar surface area (TPSA) is 41.6 Å². The molecular weight excluding hydrogens is 228 g/mol. The zero-order valence-electron chi connectivity index (χ0n) is 11.8. The quantitative estimate of drug-likeness (QED) is 0.809. The van der Waals surface area contributed by atoms with Crippen LogP contribution in [0.1, 0.15) is 22.3 Å². The first kappa shape index (κ1) is 14.7. The third-order valence-electron chi connectivity index (χ3n) is 2.67. The molecule has 1 N–H and O–H groups in total. The van der Waals surface area contributed by atoms with E-state index in [1.807, 2.05) is 0 Å². The van der Waals surface area contributed by atoms with E-state index in [-0.39, 0.29) is 12.5 Å². The van der Waals surface area contributed by atoms with Gasteiger partial charge in [0, 0.05) is 14.1 Å². The number of benzene rings is 1. The van der Waals surface area contributed by atoms with Crippen LogP contribution in [0.3, 0.4) is 0 Å². The molecule has 1 rings (SSSR count). The molecule has 0 spiro atoms. The molecule has 0 saturated heterocycles. The molecule has 0 aliphatic rings. The van der Waals surface area contributed by atoms with Gasteiger partial charge < -0.3 is 4.74 Å². The van der Waals surface area contributed by atoms with E-state index in [4.69, 9.17) is 4.74 Å². The van der Waals surface area contributed by atoms with Gasteiger partial charge in [0.2, 0.25) is 0 Å². The van der Waals surface area contributed by atoms with Crippen LogP contribution >= 0.6 is 0 Å². The molecule has 0 saturated carbocycles. The molecule has 0 aliphatic heterocycles. The standard InChI is InChI=1S/C14H22N2O2/c1-10-6-11(2)13(12(3)7-10)8-18-9-14(17)15-16(4)5/h6-7H,8-9H2,1-5H3,(H,15,17). The Morgan fingerprint density at radius 3 is 2.28 bits per heavy atom. The first-order valence-corrected chi connectivity index (χ1v) is 6.01. The van der Waals surface area contributed by atoms with E-state index in [0.29, 0.717) is 6.61 Å². The Kier molecular flexibility index (Phi) is 5.31. The normalized spacial score (nSPS) is 10.8. The lowest BCUT2D eigenvalue weighted by Gasteiger charge is -2.14. The minimum Gasteiger partial charge on any atom is -0.367 e. The number of amides is 1. The SMILES string of the molecule is Cc1cc(C)c(COCC(=O)NN(C)C)c(C)c1. The number of hydrogen-bond acceptors (Lipinski definition) is 3. The van der Waals surface area contributed by atoms with Crippen molar-refractivity contribution >= 4 is 5.91 Å². The number of rotatable bonds is 5. The zero-order chi connectivity index (χ0) is 13.7. The summed E-state index contributed by atoms with van der Waals surface area (Å²) in [5, 5.41) is 1.61. The Morgan fingerprint density at radius 2 is 1.78 bits per heavy atom. The van der Waals surface area contributed by atoms with Gasteiger partial charge in [-0.2, -0.15) is 0 Å². The van der Waals surface area contributed by atoms with Crippen molar-refractivity contribution in [2.45, 2.75) is 27.4 Å². The van der Waals surface area contributed by atoms with Crippen molar-refractivity contribution in [1.82, 2.24) is 10.4 Å². The van der Waals surface area contributed by atoms with Crippen molar-refractivity contribution in [1.29, 1.82) is 0 Å². The highest BCUT2D eigenvalue weighted by Gasteiger charge is 2.06. The minimum absolute atomic E-state index is 0.0743. The second-order valence-corrected chi connectivity index (χ2v) is 4.80. The predicted octanol–water partition coefficient (Wildman–Crippen LogP) is 1.72. The molecule has 18 heavy (non-hydrogen) atoms.